The molecule has 2 aliphatic carbocycles. The summed E-state index contributed by atoms with van der Waals surface area (Å²) in [5, 5.41) is 0. The maximum Gasteiger partial charge on any atom is 0.334 e. The van der Waals surface area contributed by atoms with E-state index in [-0.39, 0.29) is 42.0 Å². The van der Waals surface area contributed by atoms with Gasteiger partial charge in [0.1, 0.15) is 5.78 Å². The van der Waals surface area contributed by atoms with E-state index < -0.39 is 11.4 Å². The average Bonchev–Trinajstić information content (AvgIpc) is 2.88. The number of ketones is 1. The molecule has 3 rings (SSSR count). The molecule has 20 heavy (non-hydrogen) atoms. The highest BCUT2D eigenvalue weighted by atomic mass is 16.5. The Bertz CT molecular complexity index is 522. The molecule has 0 N–H and O–H groups in total. The van der Waals surface area contributed by atoms with Crippen LogP contribution in [0.25, 0.3) is 0 Å². The molecule has 0 bridgehead atoms. The largest absolute Gasteiger partial charge is 0.469 e. The van der Waals surface area contributed by atoms with Crippen LogP contribution < -0.4 is 0 Å². The second-order valence-electron chi connectivity index (χ2n) is 6.13. The predicted octanol–water partition coefficient (Wildman–Crippen LogP) is 1.12. The van der Waals surface area contributed by atoms with Crippen LogP contribution >= 0.6 is 0 Å². The zero-order valence-corrected chi connectivity index (χ0v) is 11.7. The van der Waals surface area contributed by atoms with Gasteiger partial charge in [-0.2, -0.15) is 0 Å². The fourth-order valence-corrected chi connectivity index (χ4v) is 4.54. The zero-order valence-electron chi connectivity index (χ0n) is 11.7. The van der Waals surface area contributed by atoms with Crippen molar-refractivity contribution in [1.29, 1.82) is 0 Å². The second kappa shape index (κ2) is 4.17. The molecule has 0 aromatic heterocycles. The number of ether oxygens (including phenoxy) is 2. The van der Waals surface area contributed by atoms with Crippen molar-refractivity contribution in [2.75, 3.05) is 13.7 Å². The summed E-state index contributed by atoms with van der Waals surface area (Å²) in [6, 6.07) is 0. The van der Waals surface area contributed by atoms with Gasteiger partial charge in [-0.25, -0.2) is 4.79 Å². The standard InChI is InChI=1S/C15H18O5/c1-7-10-4-9(14(18)19-3)11-6-20-13(17)8(2)15(10,11)5-12(7)16/h7,9-11H,2,4-6H2,1,3H3/t7-,9+,10+,11-,15+/m0/s1. The minimum absolute atomic E-state index is 0.00977. The lowest BCUT2D eigenvalue weighted by Crippen LogP contribution is -2.44. The summed E-state index contributed by atoms with van der Waals surface area (Å²) < 4.78 is 10.0. The lowest BCUT2D eigenvalue weighted by molar-refractivity contribution is -0.157. The van der Waals surface area contributed by atoms with Crippen molar-refractivity contribution in [2.24, 2.45) is 29.1 Å². The molecule has 5 atom stereocenters. The topological polar surface area (TPSA) is 69.7 Å². The Morgan fingerprint density at radius 3 is 2.75 bits per heavy atom. The van der Waals surface area contributed by atoms with Crippen molar-refractivity contribution in [1.82, 2.24) is 0 Å². The van der Waals surface area contributed by atoms with Crippen molar-refractivity contribution in [3.05, 3.63) is 12.2 Å². The van der Waals surface area contributed by atoms with E-state index in [1.807, 2.05) is 6.92 Å². The van der Waals surface area contributed by atoms with Gasteiger partial charge in [0.15, 0.2) is 0 Å². The van der Waals surface area contributed by atoms with E-state index in [1.165, 1.54) is 7.11 Å². The first-order valence-electron chi connectivity index (χ1n) is 6.90. The van der Waals surface area contributed by atoms with Crippen LogP contribution in [0.3, 0.4) is 0 Å². The summed E-state index contributed by atoms with van der Waals surface area (Å²) in [6.07, 6.45) is 0.866. The molecular weight excluding hydrogens is 260 g/mol. The average molecular weight is 278 g/mol. The maximum absolute atomic E-state index is 12.1. The van der Waals surface area contributed by atoms with Gasteiger partial charge in [0, 0.05) is 29.2 Å². The van der Waals surface area contributed by atoms with E-state index in [0.717, 1.165) is 0 Å². The fraction of sp³-hybridized carbons (Fsp3) is 0.667. The number of carbonyl (C=O) groups excluding carboxylic acids is 3. The van der Waals surface area contributed by atoms with Crippen LogP contribution in [-0.4, -0.2) is 31.4 Å². The number of hydrogen-bond donors (Lipinski definition) is 0. The Kier molecular flexibility index (Phi) is 2.78. The van der Waals surface area contributed by atoms with Gasteiger partial charge in [-0.3, -0.25) is 9.59 Å². The number of esters is 2. The first kappa shape index (κ1) is 13.3. The number of rotatable bonds is 1. The number of cyclic esters (lactones) is 1. The smallest absolute Gasteiger partial charge is 0.334 e. The van der Waals surface area contributed by atoms with Gasteiger partial charge in [0.05, 0.1) is 19.6 Å². The molecule has 2 saturated carbocycles. The first-order chi connectivity index (χ1) is 9.43. The van der Waals surface area contributed by atoms with Crippen molar-refractivity contribution in [3.8, 4) is 0 Å². The van der Waals surface area contributed by atoms with Crippen LogP contribution in [0.1, 0.15) is 19.8 Å². The van der Waals surface area contributed by atoms with Gasteiger partial charge >= 0.3 is 11.9 Å². The summed E-state index contributed by atoms with van der Waals surface area (Å²) in [6.45, 7) is 5.94. The molecule has 0 radical (unpaired) electrons. The Morgan fingerprint density at radius 1 is 1.40 bits per heavy atom. The van der Waals surface area contributed by atoms with Crippen LogP contribution in [-0.2, 0) is 23.9 Å². The molecule has 0 aromatic carbocycles. The van der Waals surface area contributed by atoms with Crippen LogP contribution in [0.5, 0.6) is 0 Å². The molecule has 0 unspecified atom stereocenters. The molecule has 1 aliphatic heterocycles. The third-order valence-corrected chi connectivity index (χ3v) is 5.60. The summed E-state index contributed by atoms with van der Waals surface area (Å²) in [5.74, 6) is -1.21. The second-order valence-corrected chi connectivity index (χ2v) is 6.13. The van der Waals surface area contributed by atoms with Crippen LogP contribution in [0.15, 0.2) is 12.2 Å². The number of hydrogen-bond acceptors (Lipinski definition) is 5. The molecular formula is C15H18O5. The molecule has 1 saturated heterocycles. The van der Waals surface area contributed by atoms with E-state index in [1.54, 1.807) is 0 Å². The molecule has 108 valence electrons. The zero-order chi connectivity index (χ0) is 14.7. The van der Waals surface area contributed by atoms with Crippen LogP contribution in [0.4, 0.5) is 0 Å². The third kappa shape index (κ3) is 1.41. The monoisotopic (exact) mass is 278 g/mol. The maximum atomic E-state index is 12.1. The van der Waals surface area contributed by atoms with E-state index in [4.69, 9.17) is 9.47 Å². The van der Waals surface area contributed by atoms with Crippen molar-refractivity contribution < 1.29 is 23.9 Å². The summed E-state index contributed by atoms with van der Waals surface area (Å²) >= 11 is 0. The van der Waals surface area contributed by atoms with Gasteiger partial charge < -0.3 is 9.47 Å². The van der Waals surface area contributed by atoms with E-state index in [2.05, 4.69) is 6.58 Å². The van der Waals surface area contributed by atoms with E-state index in [9.17, 15) is 14.4 Å². The van der Waals surface area contributed by atoms with Gasteiger partial charge in [0.2, 0.25) is 0 Å². The lowest BCUT2D eigenvalue weighted by atomic mass is 9.66. The van der Waals surface area contributed by atoms with Crippen molar-refractivity contribution >= 4 is 17.7 Å². The molecule has 0 amide bonds. The normalized spacial score (nSPS) is 43.0. The number of methoxy groups -OCH3 is 1. The third-order valence-electron chi connectivity index (χ3n) is 5.60. The number of carbonyl (C=O) groups is 3. The molecule has 5 heteroatoms. The quantitative estimate of drug-likeness (QED) is 0.531. The predicted molar refractivity (Wildman–Crippen MR) is 68.4 cm³/mol. The van der Waals surface area contributed by atoms with Crippen LogP contribution in [0, 0.1) is 29.1 Å². The highest BCUT2D eigenvalue weighted by molar-refractivity contribution is 5.95. The van der Waals surface area contributed by atoms with E-state index >= 15 is 0 Å². The lowest BCUT2D eigenvalue weighted by Gasteiger charge is -2.40. The Balaban J connectivity index is 2.07. The SMILES string of the molecule is C=C1C(=O)OC[C@H]2[C@H](C(=O)OC)C[C@@H]3[C@H](C)C(=O)C[C@@]132. The molecule has 3 fully saturated rings. The minimum atomic E-state index is -0.593. The van der Waals surface area contributed by atoms with Gasteiger partial charge in [-0.15, -0.1) is 0 Å². The van der Waals surface area contributed by atoms with Crippen molar-refractivity contribution in [3.63, 3.8) is 0 Å². The summed E-state index contributed by atoms with van der Waals surface area (Å²) in [4.78, 5) is 36.0. The summed E-state index contributed by atoms with van der Waals surface area (Å²) in [5.41, 5.74) is -0.229. The highest BCUT2D eigenvalue weighted by Crippen LogP contribution is 2.65. The Morgan fingerprint density at radius 2 is 2.10 bits per heavy atom. The Labute approximate surface area is 117 Å². The van der Waals surface area contributed by atoms with Gasteiger partial charge in [-0.05, 0) is 12.3 Å². The highest BCUT2D eigenvalue weighted by Gasteiger charge is 2.67. The Hall–Kier alpha value is -1.65. The van der Waals surface area contributed by atoms with E-state index in [0.29, 0.717) is 18.4 Å². The van der Waals surface area contributed by atoms with Gasteiger partial charge in [-0.1, -0.05) is 13.5 Å². The molecule has 0 aromatic rings. The molecule has 5 nitrogen and oxygen atoms in total. The van der Waals surface area contributed by atoms with Crippen LogP contribution in [0.2, 0.25) is 0 Å². The molecule has 1 heterocycles. The minimum Gasteiger partial charge on any atom is -0.469 e. The first-order valence-corrected chi connectivity index (χ1v) is 6.90. The van der Waals surface area contributed by atoms with Gasteiger partial charge in [0.25, 0.3) is 0 Å². The number of Topliss-reactive ketones (excluding diaryl/α,β-unsaturated/α-hetero) is 1. The van der Waals surface area contributed by atoms with Crippen molar-refractivity contribution in [2.45, 2.75) is 19.8 Å². The summed E-state index contributed by atoms with van der Waals surface area (Å²) in [7, 11) is 1.36. The molecule has 1 spiro atoms. The molecule has 3 aliphatic rings. The fourth-order valence-electron chi connectivity index (χ4n) is 4.54.